The summed E-state index contributed by atoms with van der Waals surface area (Å²) in [4.78, 5) is 26.5. The highest BCUT2D eigenvalue weighted by atomic mass is 32.2. The molecule has 1 aromatic carbocycles. The van der Waals surface area contributed by atoms with Crippen LogP contribution >= 0.6 is 11.3 Å². The van der Waals surface area contributed by atoms with Crippen molar-refractivity contribution in [2.24, 2.45) is 5.73 Å². The average molecular weight is 448 g/mol. The molecule has 0 radical (unpaired) electrons. The van der Waals surface area contributed by atoms with Crippen LogP contribution in [0, 0.1) is 0 Å². The molecular formula is C21H25N3O4S2. The van der Waals surface area contributed by atoms with Crippen molar-refractivity contribution in [1.82, 2.24) is 4.31 Å². The Morgan fingerprint density at radius 3 is 2.53 bits per heavy atom. The SMILES string of the molecule is NC(=O)c1c(NC(=O)[C@H]2CCCCN2S(=O)(=O)c2ccccc2)sc2c1CCCC2. The van der Waals surface area contributed by atoms with Gasteiger partial charge in [-0.25, -0.2) is 8.42 Å². The highest BCUT2D eigenvalue weighted by molar-refractivity contribution is 7.89. The van der Waals surface area contributed by atoms with Gasteiger partial charge < -0.3 is 11.1 Å². The monoisotopic (exact) mass is 447 g/mol. The zero-order chi connectivity index (χ0) is 21.3. The maximum atomic E-state index is 13.2. The molecule has 4 rings (SSSR count). The van der Waals surface area contributed by atoms with E-state index in [1.807, 2.05) is 0 Å². The van der Waals surface area contributed by atoms with Crippen LogP contribution in [0.15, 0.2) is 35.2 Å². The summed E-state index contributed by atoms with van der Waals surface area (Å²) in [5.41, 5.74) is 6.94. The molecule has 0 unspecified atom stereocenters. The van der Waals surface area contributed by atoms with E-state index in [1.165, 1.54) is 27.8 Å². The molecule has 1 aliphatic carbocycles. The third-order valence-corrected chi connectivity index (χ3v) is 8.89. The zero-order valence-corrected chi connectivity index (χ0v) is 18.2. The van der Waals surface area contributed by atoms with E-state index in [4.69, 9.17) is 5.73 Å². The minimum absolute atomic E-state index is 0.175. The standard InChI is InChI=1S/C21H25N3O4S2/c22-19(25)18-15-10-4-5-12-17(15)29-21(18)23-20(26)16-11-6-7-13-24(16)30(27,28)14-8-2-1-3-9-14/h1-3,8-9,16H,4-7,10-13H2,(H2,22,25)(H,23,26)/t16-/m1/s1. The lowest BCUT2D eigenvalue weighted by molar-refractivity contribution is -0.120. The second kappa shape index (κ2) is 8.49. The Morgan fingerprint density at radius 2 is 1.80 bits per heavy atom. The predicted molar refractivity (Wildman–Crippen MR) is 116 cm³/mol. The molecule has 3 N–H and O–H groups in total. The van der Waals surface area contributed by atoms with Crippen molar-refractivity contribution in [2.45, 2.75) is 55.9 Å². The fourth-order valence-corrected chi connectivity index (χ4v) is 7.27. The van der Waals surface area contributed by atoms with Crippen molar-refractivity contribution >= 4 is 38.2 Å². The number of amides is 2. The number of rotatable bonds is 5. The van der Waals surface area contributed by atoms with Crippen LogP contribution in [0.4, 0.5) is 5.00 Å². The van der Waals surface area contributed by atoms with Gasteiger partial charge in [-0.3, -0.25) is 9.59 Å². The molecule has 0 bridgehead atoms. The van der Waals surface area contributed by atoms with Gasteiger partial charge in [0.25, 0.3) is 5.91 Å². The fourth-order valence-electron chi connectivity index (χ4n) is 4.29. The number of nitrogens with two attached hydrogens (primary N) is 1. The number of sulfonamides is 1. The number of primary amides is 1. The van der Waals surface area contributed by atoms with Crippen molar-refractivity contribution in [1.29, 1.82) is 0 Å². The summed E-state index contributed by atoms with van der Waals surface area (Å²) < 4.78 is 27.6. The second-order valence-electron chi connectivity index (χ2n) is 7.71. The average Bonchev–Trinajstić information content (AvgIpc) is 3.12. The van der Waals surface area contributed by atoms with Crippen molar-refractivity contribution < 1.29 is 18.0 Å². The van der Waals surface area contributed by atoms with Gasteiger partial charge in [-0.1, -0.05) is 24.6 Å². The molecule has 9 heteroatoms. The van der Waals surface area contributed by atoms with E-state index >= 15 is 0 Å². The quantitative estimate of drug-likeness (QED) is 0.734. The summed E-state index contributed by atoms with van der Waals surface area (Å²) in [5.74, 6) is -0.961. The first-order chi connectivity index (χ1) is 14.4. The van der Waals surface area contributed by atoms with Gasteiger partial charge in [0.05, 0.1) is 10.5 Å². The number of benzene rings is 1. The molecule has 2 aliphatic rings. The van der Waals surface area contributed by atoms with Crippen LogP contribution in [-0.4, -0.2) is 37.1 Å². The maximum Gasteiger partial charge on any atom is 0.251 e. The van der Waals surface area contributed by atoms with Gasteiger partial charge in [0.15, 0.2) is 0 Å². The number of hydrogen-bond donors (Lipinski definition) is 2. The lowest BCUT2D eigenvalue weighted by atomic mass is 9.95. The summed E-state index contributed by atoms with van der Waals surface area (Å²) >= 11 is 1.39. The molecule has 0 spiro atoms. The summed E-state index contributed by atoms with van der Waals surface area (Å²) in [7, 11) is -3.79. The first kappa shape index (κ1) is 21.0. The Kier molecular flexibility index (Phi) is 5.95. The Bertz CT molecular complexity index is 1060. The molecule has 1 aromatic heterocycles. The largest absolute Gasteiger partial charge is 0.365 e. The number of fused-ring (bicyclic) bond motifs is 1. The summed E-state index contributed by atoms with van der Waals surface area (Å²) in [5, 5.41) is 3.29. The molecule has 1 saturated heterocycles. The van der Waals surface area contributed by atoms with Crippen LogP contribution in [0.5, 0.6) is 0 Å². The Balaban J connectivity index is 1.63. The topological polar surface area (TPSA) is 110 Å². The van der Waals surface area contributed by atoms with E-state index in [2.05, 4.69) is 5.32 Å². The summed E-state index contributed by atoms with van der Waals surface area (Å²) in [6, 6.07) is 7.35. The van der Waals surface area contributed by atoms with E-state index in [0.717, 1.165) is 42.5 Å². The normalized spacial score (nSPS) is 19.8. The van der Waals surface area contributed by atoms with Gasteiger partial charge in [-0.15, -0.1) is 11.3 Å². The number of aryl methyl sites for hydroxylation is 1. The molecule has 2 amide bonds. The fraction of sp³-hybridized carbons (Fsp3) is 0.429. The number of thiophene rings is 1. The van der Waals surface area contributed by atoms with Gasteiger partial charge in [-0.2, -0.15) is 4.31 Å². The molecule has 30 heavy (non-hydrogen) atoms. The van der Waals surface area contributed by atoms with Crippen molar-refractivity contribution in [3.63, 3.8) is 0 Å². The van der Waals surface area contributed by atoms with E-state index < -0.39 is 27.9 Å². The first-order valence-electron chi connectivity index (χ1n) is 10.2. The van der Waals surface area contributed by atoms with Gasteiger partial charge >= 0.3 is 0 Å². The molecule has 1 fully saturated rings. The number of hydrogen-bond acceptors (Lipinski definition) is 5. The Hall–Kier alpha value is -2.23. The molecule has 1 aliphatic heterocycles. The smallest absolute Gasteiger partial charge is 0.251 e. The predicted octanol–water partition coefficient (Wildman–Crippen LogP) is 2.91. The number of carbonyl (C=O) groups is 2. The third kappa shape index (κ3) is 3.89. The molecular weight excluding hydrogens is 422 g/mol. The van der Waals surface area contributed by atoms with Gasteiger partial charge in [0.1, 0.15) is 11.0 Å². The van der Waals surface area contributed by atoms with E-state index in [-0.39, 0.29) is 4.90 Å². The van der Waals surface area contributed by atoms with Crippen LogP contribution < -0.4 is 11.1 Å². The van der Waals surface area contributed by atoms with E-state index in [9.17, 15) is 18.0 Å². The summed E-state index contributed by atoms with van der Waals surface area (Å²) in [6.45, 7) is 0.291. The van der Waals surface area contributed by atoms with Gasteiger partial charge in [0.2, 0.25) is 15.9 Å². The highest BCUT2D eigenvalue weighted by Crippen LogP contribution is 2.38. The number of nitrogens with one attached hydrogen (secondary N) is 1. The van der Waals surface area contributed by atoms with Crippen molar-refractivity contribution in [3.8, 4) is 0 Å². The van der Waals surface area contributed by atoms with E-state index in [1.54, 1.807) is 18.2 Å². The Morgan fingerprint density at radius 1 is 1.07 bits per heavy atom. The van der Waals surface area contributed by atoms with Gasteiger partial charge in [-0.05, 0) is 56.2 Å². The minimum atomic E-state index is -3.79. The van der Waals surface area contributed by atoms with E-state index in [0.29, 0.717) is 30.0 Å². The maximum absolute atomic E-state index is 13.2. The molecule has 7 nitrogen and oxygen atoms in total. The minimum Gasteiger partial charge on any atom is -0.365 e. The van der Waals surface area contributed by atoms with Crippen LogP contribution in [0.3, 0.4) is 0 Å². The lowest BCUT2D eigenvalue weighted by Gasteiger charge is -2.33. The number of carbonyl (C=O) groups excluding carboxylic acids is 2. The van der Waals surface area contributed by atoms with Crippen molar-refractivity contribution in [2.75, 3.05) is 11.9 Å². The third-order valence-electron chi connectivity index (χ3n) is 5.76. The molecule has 2 heterocycles. The number of anilines is 1. The number of nitrogens with zero attached hydrogens (tertiary/aromatic N) is 1. The second-order valence-corrected chi connectivity index (χ2v) is 10.7. The lowest BCUT2D eigenvalue weighted by Crippen LogP contribution is -2.49. The molecule has 1 atom stereocenters. The number of piperidine rings is 1. The van der Waals surface area contributed by atoms with Gasteiger partial charge in [0, 0.05) is 11.4 Å². The molecule has 160 valence electrons. The highest BCUT2D eigenvalue weighted by Gasteiger charge is 2.38. The molecule has 2 aromatic rings. The summed E-state index contributed by atoms with van der Waals surface area (Å²) in [6.07, 6.45) is 5.59. The van der Waals surface area contributed by atoms with Crippen LogP contribution in [0.1, 0.15) is 52.9 Å². The molecule has 0 saturated carbocycles. The van der Waals surface area contributed by atoms with Crippen LogP contribution in [0.2, 0.25) is 0 Å². The Labute approximate surface area is 180 Å². The van der Waals surface area contributed by atoms with Crippen molar-refractivity contribution in [3.05, 3.63) is 46.3 Å². The first-order valence-corrected chi connectivity index (χ1v) is 12.5. The van der Waals surface area contributed by atoms with Crippen LogP contribution in [0.25, 0.3) is 0 Å². The zero-order valence-electron chi connectivity index (χ0n) is 16.6. The van der Waals surface area contributed by atoms with Crippen LogP contribution in [-0.2, 0) is 27.7 Å².